The van der Waals surface area contributed by atoms with Crippen molar-refractivity contribution in [2.24, 2.45) is 17.1 Å². The maximum Gasteiger partial charge on any atom is 0.00997 e. The monoisotopic (exact) mass is 198 g/mol. The Labute approximate surface area is 88.6 Å². The topological polar surface area (TPSA) is 38.0 Å². The third-order valence-electron chi connectivity index (χ3n) is 3.42. The van der Waals surface area contributed by atoms with Gasteiger partial charge in [-0.15, -0.1) is 0 Å². The lowest BCUT2D eigenvalue weighted by molar-refractivity contribution is 0.302. The minimum atomic E-state index is 0.245. The van der Waals surface area contributed by atoms with Crippen LogP contribution >= 0.6 is 0 Å². The number of rotatable bonds is 5. The van der Waals surface area contributed by atoms with Crippen molar-refractivity contribution in [1.29, 1.82) is 0 Å². The Bertz CT molecular complexity index is 172. The van der Waals surface area contributed by atoms with Crippen LogP contribution in [0.1, 0.15) is 47.0 Å². The molecule has 2 heteroatoms. The Morgan fingerprint density at radius 3 is 2.50 bits per heavy atom. The zero-order valence-corrected chi connectivity index (χ0v) is 10.1. The summed E-state index contributed by atoms with van der Waals surface area (Å²) in [4.78, 5) is 0. The van der Waals surface area contributed by atoms with Gasteiger partial charge in [0, 0.05) is 12.1 Å². The molecule has 0 aliphatic heterocycles. The van der Waals surface area contributed by atoms with Crippen LogP contribution in [-0.4, -0.2) is 18.6 Å². The van der Waals surface area contributed by atoms with Gasteiger partial charge in [0.1, 0.15) is 0 Å². The number of hydrogen-bond acceptors (Lipinski definition) is 2. The maximum atomic E-state index is 6.08. The van der Waals surface area contributed by atoms with E-state index < -0.39 is 0 Å². The SMILES string of the molecule is CCC1CC1NCCC(N)C(C)(C)C. The van der Waals surface area contributed by atoms with Crippen molar-refractivity contribution >= 4 is 0 Å². The summed E-state index contributed by atoms with van der Waals surface area (Å²) in [6.45, 7) is 9.99. The minimum absolute atomic E-state index is 0.245. The van der Waals surface area contributed by atoms with Crippen LogP contribution in [0.3, 0.4) is 0 Å². The van der Waals surface area contributed by atoms with E-state index >= 15 is 0 Å². The third kappa shape index (κ3) is 3.58. The van der Waals surface area contributed by atoms with Gasteiger partial charge < -0.3 is 11.1 Å². The number of hydrogen-bond donors (Lipinski definition) is 2. The van der Waals surface area contributed by atoms with Crippen LogP contribution < -0.4 is 11.1 Å². The predicted octanol–water partition coefficient (Wildman–Crippen LogP) is 2.14. The summed E-state index contributed by atoms with van der Waals surface area (Å²) in [5, 5.41) is 3.58. The molecule has 3 atom stereocenters. The smallest absolute Gasteiger partial charge is 0.00997 e. The Hall–Kier alpha value is -0.0800. The van der Waals surface area contributed by atoms with E-state index in [4.69, 9.17) is 5.73 Å². The van der Waals surface area contributed by atoms with Gasteiger partial charge in [-0.2, -0.15) is 0 Å². The molecule has 1 aliphatic rings. The van der Waals surface area contributed by atoms with Gasteiger partial charge >= 0.3 is 0 Å². The van der Waals surface area contributed by atoms with Crippen molar-refractivity contribution in [3.8, 4) is 0 Å². The lowest BCUT2D eigenvalue weighted by Crippen LogP contribution is -2.38. The highest BCUT2D eigenvalue weighted by molar-refractivity contribution is 4.92. The first-order chi connectivity index (χ1) is 6.45. The van der Waals surface area contributed by atoms with Crippen LogP contribution in [0, 0.1) is 11.3 Å². The molecule has 0 aromatic heterocycles. The second-order valence-corrected chi connectivity index (χ2v) is 5.73. The van der Waals surface area contributed by atoms with Crippen molar-refractivity contribution in [2.75, 3.05) is 6.54 Å². The van der Waals surface area contributed by atoms with Gasteiger partial charge in [-0.1, -0.05) is 34.1 Å². The summed E-state index contributed by atoms with van der Waals surface area (Å²) in [5.41, 5.74) is 6.33. The molecular weight excluding hydrogens is 172 g/mol. The molecule has 1 aliphatic carbocycles. The molecule has 0 amide bonds. The van der Waals surface area contributed by atoms with E-state index in [1.165, 1.54) is 12.8 Å². The molecule has 1 rings (SSSR count). The molecule has 0 saturated heterocycles. The van der Waals surface area contributed by atoms with E-state index in [1.54, 1.807) is 0 Å². The molecule has 0 spiro atoms. The van der Waals surface area contributed by atoms with Gasteiger partial charge in [-0.25, -0.2) is 0 Å². The van der Waals surface area contributed by atoms with E-state index in [0.717, 1.165) is 24.9 Å². The normalized spacial score (nSPS) is 28.9. The quantitative estimate of drug-likeness (QED) is 0.710. The molecule has 3 unspecified atom stereocenters. The van der Waals surface area contributed by atoms with Crippen molar-refractivity contribution < 1.29 is 0 Å². The van der Waals surface area contributed by atoms with E-state index in [0.29, 0.717) is 6.04 Å². The van der Waals surface area contributed by atoms with Crippen molar-refractivity contribution in [3.63, 3.8) is 0 Å². The minimum Gasteiger partial charge on any atom is -0.327 e. The average Bonchev–Trinajstić information content (AvgIpc) is 2.81. The van der Waals surface area contributed by atoms with Crippen LogP contribution in [0.4, 0.5) is 0 Å². The summed E-state index contributed by atoms with van der Waals surface area (Å²) in [7, 11) is 0. The first-order valence-electron chi connectivity index (χ1n) is 5.94. The van der Waals surface area contributed by atoms with Crippen LogP contribution in [0.25, 0.3) is 0 Å². The molecular formula is C12H26N2. The van der Waals surface area contributed by atoms with Gasteiger partial charge in [-0.3, -0.25) is 0 Å². The highest BCUT2D eigenvalue weighted by Crippen LogP contribution is 2.33. The first kappa shape index (κ1) is 12.0. The highest BCUT2D eigenvalue weighted by atomic mass is 15.0. The van der Waals surface area contributed by atoms with Crippen LogP contribution in [0.15, 0.2) is 0 Å². The summed E-state index contributed by atoms with van der Waals surface area (Å²) >= 11 is 0. The summed E-state index contributed by atoms with van der Waals surface area (Å²) < 4.78 is 0. The largest absolute Gasteiger partial charge is 0.327 e. The Morgan fingerprint density at radius 1 is 1.43 bits per heavy atom. The van der Waals surface area contributed by atoms with Gasteiger partial charge in [0.05, 0.1) is 0 Å². The van der Waals surface area contributed by atoms with E-state index in [2.05, 4.69) is 33.0 Å². The van der Waals surface area contributed by atoms with E-state index in [9.17, 15) is 0 Å². The van der Waals surface area contributed by atoms with Crippen molar-refractivity contribution in [3.05, 3.63) is 0 Å². The Kier molecular flexibility index (Phi) is 3.96. The second kappa shape index (κ2) is 4.63. The number of nitrogens with two attached hydrogens (primary N) is 1. The first-order valence-corrected chi connectivity index (χ1v) is 5.94. The molecule has 0 aromatic carbocycles. The zero-order chi connectivity index (χ0) is 10.8. The standard InChI is InChI=1S/C12H26N2/c1-5-9-8-10(9)14-7-6-11(13)12(2,3)4/h9-11,14H,5-8,13H2,1-4H3. The molecule has 84 valence electrons. The fourth-order valence-corrected chi connectivity index (χ4v) is 1.81. The van der Waals surface area contributed by atoms with Gasteiger partial charge in [0.15, 0.2) is 0 Å². The predicted molar refractivity (Wildman–Crippen MR) is 62.2 cm³/mol. The van der Waals surface area contributed by atoms with Gasteiger partial charge in [-0.05, 0) is 30.7 Å². The summed E-state index contributed by atoms with van der Waals surface area (Å²) in [6.07, 6.45) is 3.79. The summed E-state index contributed by atoms with van der Waals surface area (Å²) in [6, 6.07) is 1.11. The Balaban J connectivity index is 2.05. The molecule has 1 fully saturated rings. The van der Waals surface area contributed by atoms with Gasteiger partial charge in [0.2, 0.25) is 0 Å². The van der Waals surface area contributed by atoms with Crippen LogP contribution in [0.2, 0.25) is 0 Å². The molecule has 0 bridgehead atoms. The highest BCUT2D eigenvalue weighted by Gasteiger charge is 2.34. The van der Waals surface area contributed by atoms with Crippen LogP contribution in [-0.2, 0) is 0 Å². The lowest BCUT2D eigenvalue weighted by Gasteiger charge is -2.27. The molecule has 3 N–H and O–H groups in total. The Morgan fingerprint density at radius 2 is 2.07 bits per heavy atom. The molecule has 0 radical (unpaired) electrons. The third-order valence-corrected chi connectivity index (χ3v) is 3.42. The summed E-state index contributed by atoms with van der Waals surface area (Å²) in [5.74, 6) is 0.945. The second-order valence-electron chi connectivity index (χ2n) is 5.73. The average molecular weight is 198 g/mol. The van der Waals surface area contributed by atoms with Gasteiger partial charge in [0.25, 0.3) is 0 Å². The fourth-order valence-electron chi connectivity index (χ4n) is 1.81. The number of nitrogens with one attached hydrogen (secondary N) is 1. The molecule has 14 heavy (non-hydrogen) atoms. The van der Waals surface area contributed by atoms with E-state index in [1.807, 2.05) is 0 Å². The van der Waals surface area contributed by atoms with Crippen molar-refractivity contribution in [2.45, 2.75) is 59.0 Å². The van der Waals surface area contributed by atoms with E-state index in [-0.39, 0.29) is 5.41 Å². The maximum absolute atomic E-state index is 6.08. The molecule has 2 nitrogen and oxygen atoms in total. The zero-order valence-electron chi connectivity index (χ0n) is 10.1. The molecule has 0 aromatic rings. The van der Waals surface area contributed by atoms with Crippen LogP contribution in [0.5, 0.6) is 0 Å². The molecule has 0 heterocycles. The van der Waals surface area contributed by atoms with Crippen molar-refractivity contribution in [1.82, 2.24) is 5.32 Å². The molecule has 1 saturated carbocycles. The lowest BCUT2D eigenvalue weighted by atomic mass is 9.85. The fraction of sp³-hybridized carbons (Fsp3) is 1.00.